The molecule has 4 saturated carbocycles. The van der Waals surface area contributed by atoms with Crippen molar-refractivity contribution < 1.29 is 14.4 Å². The molecule has 4 aliphatic rings. The molecule has 0 spiro atoms. The highest BCUT2D eigenvalue weighted by atomic mass is 16.1. The Kier molecular flexibility index (Phi) is 3.84. The summed E-state index contributed by atoms with van der Waals surface area (Å²) >= 11 is 0. The fraction of sp³-hybridized carbons (Fsp3) is 0.864. The number of ketones is 3. The van der Waals surface area contributed by atoms with E-state index in [9.17, 15) is 14.4 Å². The summed E-state index contributed by atoms with van der Waals surface area (Å²) in [6, 6.07) is 0. The molecule has 4 aliphatic carbocycles. The second-order valence-corrected chi connectivity index (χ2v) is 10.2. The molecule has 0 heterocycles. The van der Waals surface area contributed by atoms with E-state index in [4.69, 9.17) is 0 Å². The van der Waals surface area contributed by atoms with Crippen molar-refractivity contribution in [2.45, 2.75) is 72.6 Å². The molecule has 0 aliphatic heterocycles. The number of fused-ring (bicyclic) bond motifs is 5. The van der Waals surface area contributed by atoms with E-state index >= 15 is 0 Å². The smallest absolute Gasteiger partial charge is 0.137 e. The molecular formula is C22H32O3. The van der Waals surface area contributed by atoms with Crippen LogP contribution in [0.5, 0.6) is 0 Å². The largest absolute Gasteiger partial charge is 0.300 e. The van der Waals surface area contributed by atoms with Gasteiger partial charge in [-0.25, -0.2) is 0 Å². The molecule has 0 unspecified atom stereocenters. The average molecular weight is 344 g/mol. The van der Waals surface area contributed by atoms with Crippen LogP contribution >= 0.6 is 0 Å². The molecule has 0 saturated heterocycles. The third-order valence-electron chi connectivity index (χ3n) is 8.98. The summed E-state index contributed by atoms with van der Waals surface area (Å²) in [4.78, 5) is 37.9. The Hall–Kier alpha value is -0.990. The number of carbonyl (C=O) groups excluding carboxylic acids is 3. The molecule has 0 aromatic heterocycles. The number of rotatable bonds is 1. The minimum atomic E-state index is -0.122. The van der Waals surface area contributed by atoms with Gasteiger partial charge >= 0.3 is 0 Å². The Morgan fingerprint density at radius 1 is 1.00 bits per heavy atom. The lowest BCUT2D eigenvalue weighted by Crippen LogP contribution is -2.58. The van der Waals surface area contributed by atoms with E-state index in [0.717, 1.165) is 32.1 Å². The van der Waals surface area contributed by atoms with Crippen molar-refractivity contribution in [1.82, 2.24) is 0 Å². The maximum Gasteiger partial charge on any atom is 0.137 e. The number of hydrogen-bond donors (Lipinski definition) is 0. The summed E-state index contributed by atoms with van der Waals surface area (Å²) in [6.45, 7) is 8.27. The average Bonchev–Trinajstić information content (AvgIpc) is 2.85. The first kappa shape index (κ1) is 17.4. The summed E-state index contributed by atoms with van der Waals surface area (Å²) < 4.78 is 0. The minimum absolute atomic E-state index is 0.0109. The highest BCUT2D eigenvalue weighted by Crippen LogP contribution is 2.66. The third-order valence-corrected chi connectivity index (χ3v) is 8.98. The standard InChI is InChI=1S/C22H32O3/c1-12-10-21(3)14(9-18(12)24)5-6-15-17-8-7-16(13(2)23)22(17,4)11-19(25)20(15)21/h12,14-17,20H,5-11H2,1-4H3/t12-,14+,15+,16-,17+,20-,21+,22-/m1/s1. The lowest BCUT2D eigenvalue weighted by molar-refractivity contribution is -0.164. The van der Waals surface area contributed by atoms with Crippen molar-refractivity contribution in [1.29, 1.82) is 0 Å². The van der Waals surface area contributed by atoms with Gasteiger partial charge in [0.1, 0.15) is 17.3 Å². The Bertz CT molecular complexity index is 637. The van der Waals surface area contributed by atoms with E-state index in [1.54, 1.807) is 6.92 Å². The Labute approximate surface area is 151 Å². The monoisotopic (exact) mass is 344 g/mol. The highest BCUT2D eigenvalue weighted by molar-refractivity contribution is 5.88. The van der Waals surface area contributed by atoms with Gasteiger partial charge in [0, 0.05) is 30.6 Å². The van der Waals surface area contributed by atoms with Gasteiger partial charge in [0.2, 0.25) is 0 Å². The van der Waals surface area contributed by atoms with Crippen LogP contribution in [0.2, 0.25) is 0 Å². The van der Waals surface area contributed by atoms with Crippen LogP contribution in [0.25, 0.3) is 0 Å². The van der Waals surface area contributed by atoms with E-state index in [0.29, 0.717) is 42.2 Å². The van der Waals surface area contributed by atoms with E-state index in [1.165, 1.54) is 0 Å². The van der Waals surface area contributed by atoms with Crippen LogP contribution in [0.4, 0.5) is 0 Å². The molecule has 3 heteroatoms. The number of Topliss-reactive ketones (excluding diaryl/α,β-unsaturated/α-hetero) is 3. The molecule has 0 bridgehead atoms. The lowest BCUT2D eigenvalue weighted by atomic mass is 9.43. The van der Waals surface area contributed by atoms with Gasteiger partial charge in [0.05, 0.1) is 0 Å². The van der Waals surface area contributed by atoms with Crippen LogP contribution in [0, 0.1) is 46.3 Å². The van der Waals surface area contributed by atoms with E-state index in [1.807, 2.05) is 6.92 Å². The van der Waals surface area contributed by atoms with Crippen LogP contribution in [0.15, 0.2) is 0 Å². The zero-order chi connectivity index (χ0) is 18.1. The zero-order valence-electron chi connectivity index (χ0n) is 16.1. The van der Waals surface area contributed by atoms with Gasteiger partial charge in [0.25, 0.3) is 0 Å². The van der Waals surface area contributed by atoms with Crippen LogP contribution in [0.1, 0.15) is 72.6 Å². The third kappa shape index (κ3) is 2.26. The van der Waals surface area contributed by atoms with Crippen molar-refractivity contribution in [2.24, 2.45) is 46.3 Å². The molecule has 0 amide bonds. The van der Waals surface area contributed by atoms with E-state index in [-0.39, 0.29) is 34.4 Å². The first-order valence-electron chi connectivity index (χ1n) is 10.2. The molecule has 0 N–H and O–H groups in total. The summed E-state index contributed by atoms with van der Waals surface area (Å²) in [5.74, 6) is 2.66. The van der Waals surface area contributed by atoms with Gasteiger partial charge in [0.15, 0.2) is 0 Å². The molecule has 8 atom stereocenters. The van der Waals surface area contributed by atoms with Gasteiger partial charge in [-0.15, -0.1) is 0 Å². The van der Waals surface area contributed by atoms with Gasteiger partial charge in [-0.2, -0.15) is 0 Å². The lowest BCUT2D eigenvalue weighted by Gasteiger charge is -2.59. The Balaban J connectivity index is 1.70. The molecule has 0 aromatic rings. The number of carbonyl (C=O) groups is 3. The van der Waals surface area contributed by atoms with Gasteiger partial charge < -0.3 is 0 Å². The van der Waals surface area contributed by atoms with Gasteiger partial charge in [-0.1, -0.05) is 20.8 Å². The van der Waals surface area contributed by atoms with Crippen molar-refractivity contribution in [2.75, 3.05) is 0 Å². The van der Waals surface area contributed by atoms with Crippen LogP contribution in [0.3, 0.4) is 0 Å². The normalized spacial score (nSPS) is 52.3. The summed E-state index contributed by atoms with van der Waals surface area (Å²) in [6.07, 6.45) is 6.35. The molecule has 4 rings (SSSR count). The second kappa shape index (κ2) is 5.50. The SMILES string of the molecule is CC(=O)[C@H]1CC[C@H]2[C@@H]3CC[C@H]4CC(=O)[C@H](C)C[C@]4(C)[C@H]3C(=O)C[C@]12C. The predicted molar refractivity (Wildman–Crippen MR) is 95.8 cm³/mol. The summed E-state index contributed by atoms with van der Waals surface area (Å²) in [7, 11) is 0. The molecular weight excluding hydrogens is 312 g/mol. The van der Waals surface area contributed by atoms with Crippen molar-refractivity contribution in [3.63, 3.8) is 0 Å². The zero-order valence-corrected chi connectivity index (χ0v) is 16.1. The molecule has 0 radical (unpaired) electrons. The molecule has 25 heavy (non-hydrogen) atoms. The highest BCUT2D eigenvalue weighted by Gasteiger charge is 2.64. The van der Waals surface area contributed by atoms with Crippen LogP contribution in [-0.2, 0) is 14.4 Å². The summed E-state index contributed by atoms with van der Waals surface area (Å²) in [5.41, 5.74) is -0.133. The summed E-state index contributed by atoms with van der Waals surface area (Å²) in [5, 5.41) is 0. The molecule has 4 fully saturated rings. The Morgan fingerprint density at radius 2 is 1.72 bits per heavy atom. The van der Waals surface area contributed by atoms with E-state index in [2.05, 4.69) is 13.8 Å². The fourth-order valence-corrected chi connectivity index (χ4v) is 7.89. The van der Waals surface area contributed by atoms with Crippen LogP contribution in [-0.4, -0.2) is 17.3 Å². The second-order valence-electron chi connectivity index (χ2n) is 10.2. The van der Waals surface area contributed by atoms with Crippen molar-refractivity contribution in [3.8, 4) is 0 Å². The first-order chi connectivity index (χ1) is 11.7. The predicted octanol–water partition coefficient (Wildman–Crippen LogP) is 4.23. The van der Waals surface area contributed by atoms with Crippen LogP contribution < -0.4 is 0 Å². The van der Waals surface area contributed by atoms with Crippen molar-refractivity contribution in [3.05, 3.63) is 0 Å². The topological polar surface area (TPSA) is 51.2 Å². The molecule has 0 aromatic carbocycles. The minimum Gasteiger partial charge on any atom is -0.300 e. The van der Waals surface area contributed by atoms with Gasteiger partial charge in [-0.05, 0) is 67.6 Å². The van der Waals surface area contributed by atoms with Gasteiger partial charge in [-0.3, -0.25) is 14.4 Å². The van der Waals surface area contributed by atoms with E-state index < -0.39 is 0 Å². The maximum atomic E-state index is 13.4. The first-order valence-corrected chi connectivity index (χ1v) is 10.2. The molecule has 3 nitrogen and oxygen atoms in total. The number of hydrogen-bond acceptors (Lipinski definition) is 3. The van der Waals surface area contributed by atoms with Crippen molar-refractivity contribution >= 4 is 17.3 Å². The quantitative estimate of drug-likeness (QED) is 0.715. The maximum absolute atomic E-state index is 13.4. The molecule has 138 valence electrons. The Morgan fingerprint density at radius 3 is 2.40 bits per heavy atom. The fourth-order valence-electron chi connectivity index (χ4n) is 7.89.